The van der Waals surface area contributed by atoms with Gasteiger partial charge in [0.05, 0.1) is 18.4 Å². The fraction of sp³-hybridized carbons (Fsp3) is 0.273. The highest BCUT2D eigenvalue weighted by Gasteiger charge is 2.07. The number of aliphatic carboxylic acids is 1. The molecule has 0 bridgehead atoms. The lowest BCUT2D eigenvalue weighted by Crippen LogP contribution is -2.14. The van der Waals surface area contributed by atoms with Gasteiger partial charge in [-0.1, -0.05) is 6.07 Å². The fourth-order valence-electron chi connectivity index (χ4n) is 1.32. The summed E-state index contributed by atoms with van der Waals surface area (Å²) in [5.41, 5.74) is 0.711. The second-order valence-electron chi connectivity index (χ2n) is 3.90. The molecule has 0 unspecified atom stereocenters. The van der Waals surface area contributed by atoms with Gasteiger partial charge in [0, 0.05) is 12.1 Å². The van der Waals surface area contributed by atoms with E-state index in [1.807, 2.05) is 0 Å². The van der Waals surface area contributed by atoms with Crippen molar-refractivity contribution in [3.63, 3.8) is 0 Å². The number of benzene rings is 1. The Balaban J connectivity index is 2.67. The van der Waals surface area contributed by atoms with Crippen molar-refractivity contribution in [2.45, 2.75) is 12.8 Å². The molecule has 0 radical (unpaired) electrons. The van der Waals surface area contributed by atoms with Crippen LogP contribution in [0.25, 0.3) is 0 Å². The second-order valence-corrected chi connectivity index (χ2v) is 5.65. The zero-order chi connectivity index (χ0) is 14.5. The topological polar surface area (TPSA) is 113 Å². The van der Waals surface area contributed by atoms with E-state index >= 15 is 0 Å². The van der Waals surface area contributed by atoms with Gasteiger partial charge in [-0.15, -0.1) is 0 Å². The number of amides is 1. The lowest BCUT2D eigenvalue weighted by atomic mass is 10.2. The van der Waals surface area contributed by atoms with Crippen LogP contribution in [-0.2, 0) is 19.6 Å². The standard InChI is InChI=1S/C11H14N2O5S/c1-19(17,18)13-9-4-2-3-8(7-9)12-10(14)5-6-11(15)16/h2-4,7,13H,5-6H2,1H3,(H,12,14)(H,15,16). The van der Waals surface area contributed by atoms with Crippen LogP contribution in [0.3, 0.4) is 0 Å². The Morgan fingerprint density at radius 1 is 1.21 bits per heavy atom. The van der Waals surface area contributed by atoms with Crippen molar-refractivity contribution in [1.82, 2.24) is 0 Å². The lowest BCUT2D eigenvalue weighted by molar-refractivity contribution is -0.138. The Morgan fingerprint density at radius 2 is 1.84 bits per heavy atom. The molecule has 8 heteroatoms. The average Bonchev–Trinajstić information content (AvgIpc) is 2.24. The van der Waals surface area contributed by atoms with Crippen molar-refractivity contribution < 1.29 is 23.1 Å². The van der Waals surface area contributed by atoms with E-state index in [9.17, 15) is 18.0 Å². The minimum atomic E-state index is -3.38. The first-order valence-corrected chi connectivity index (χ1v) is 7.25. The van der Waals surface area contributed by atoms with Crippen LogP contribution in [0.15, 0.2) is 24.3 Å². The zero-order valence-electron chi connectivity index (χ0n) is 10.2. The van der Waals surface area contributed by atoms with Crippen molar-refractivity contribution in [3.8, 4) is 0 Å². The minimum Gasteiger partial charge on any atom is -0.481 e. The number of sulfonamides is 1. The Kier molecular flexibility index (Phi) is 4.87. The van der Waals surface area contributed by atoms with Gasteiger partial charge in [0.15, 0.2) is 0 Å². The molecule has 19 heavy (non-hydrogen) atoms. The molecule has 104 valence electrons. The normalized spacial score (nSPS) is 10.8. The third kappa shape index (κ3) is 6.41. The lowest BCUT2D eigenvalue weighted by Gasteiger charge is -2.07. The first kappa shape index (κ1) is 15.0. The summed E-state index contributed by atoms with van der Waals surface area (Å²) >= 11 is 0. The van der Waals surface area contributed by atoms with Crippen LogP contribution in [0.4, 0.5) is 11.4 Å². The molecule has 1 aromatic carbocycles. The van der Waals surface area contributed by atoms with Crippen LogP contribution < -0.4 is 10.0 Å². The summed E-state index contributed by atoms with van der Waals surface area (Å²) in [6, 6.07) is 6.13. The van der Waals surface area contributed by atoms with Gasteiger partial charge in [-0.3, -0.25) is 14.3 Å². The highest BCUT2D eigenvalue weighted by atomic mass is 32.2. The number of carbonyl (C=O) groups is 2. The molecule has 0 aromatic heterocycles. The van der Waals surface area contributed by atoms with Crippen LogP contribution in [0.1, 0.15) is 12.8 Å². The van der Waals surface area contributed by atoms with E-state index in [1.165, 1.54) is 12.1 Å². The van der Waals surface area contributed by atoms with Crippen LogP contribution in [0, 0.1) is 0 Å². The van der Waals surface area contributed by atoms with E-state index in [2.05, 4.69) is 10.0 Å². The number of carboxylic acid groups (broad SMARTS) is 1. The molecule has 0 atom stereocenters. The first-order chi connectivity index (χ1) is 8.76. The summed E-state index contributed by atoms with van der Waals surface area (Å²) in [5.74, 6) is -1.50. The van der Waals surface area contributed by atoms with E-state index in [4.69, 9.17) is 5.11 Å². The van der Waals surface area contributed by atoms with Crippen molar-refractivity contribution in [2.75, 3.05) is 16.3 Å². The first-order valence-electron chi connectivity index (χ1n) is 5.36. The number of rotatable bonds is 6. The summed E-state index contributed by atoms with van der Waals surface area (Å²) < 4.78 is 24.4. The molecule has 0 spiro atoms. The highest BCUT2D eigenvalue weighted by molar-refractivity contribution is 7.92. The van der Waals surface area contributed by atoms with Crippen molar-refractivity contribution in [2.24, 2.45) is 0 Å². The van der Waals surface area contributed by atoms with Gasteiger partial charge >= 0.3 is 5.97 Å². The van der Waals surface area contributed by atoms with Gasteiger partial charge in [-0.2, -0.15) is 0 Å². The molecule has 0 aliphatic carbocycles. The molecule has 0 fully saturated rings. The molecule has 0 saturated carbocycles. The molecular weight excluding hydrogens is 272 g/mol. The molecular formula is C11H14N2O5S. The third-order valence-electron chi connectivity index (χ3n) is 2.02. The van der Waals surface area contributed by atoms with Gasteiger partial charge in [-0.05, 0) is 18.2 Å². The summed E-state index contributed by atoms with van der Waals surface area (Å²) in [7, 11) is -3.38. The second kappa shape index (κ2) is 6.19. The summed E-state index contributed by atoms with van der Waals surface area (Å²) in [6.45, 7) is 0. The number of carbonyl (C=O) groups excluding carboxylic acids is 1. The molecule has 0 heterocycles. The Labute approximate surface area is 110 Å². The largest absolute Gasteiger partial charge is 0.481 e. The number of hydrogen-bond acceptors (Lipinski definition) is 4. The van der Waals surface area contributed by atoms with E-state index < -0.39 is 21.9 Å². The van der Waals surface area contributed by atoms with E-state index in [-0.39, 0.29) is 12.8 Å². The molecule has 1 aromatic rings. The zero-order valence-corrected chi connectivity index (χ0v) is 11.0. The Morgan fingerprint density at radius 3 is 2.42 bits per heavy atom. The maximum atomic E-state index is 11.4. The van der Waals surface area contributed by atoms with Crippen molar-refractivity contribution >= 4 is 33.3 Å². The fourth-order valence-corrected chi connectivity index (χ4v) is 1.87. The summed E-state index contributed by atoms with van der Waals surface area (Å²) in [5, 5.41) is 10.9. The van der Waals surface area contributed by atoms with Gasteiger partial charge in [-0.25, -0.2) is 8.42 Å². The van der Waals surface area contributed by atoms with Crippen LogP contribution in [-0.4, -0.2) is 31.7 Å². The van der Waals surface area contributed by atoms with Crippen LogP contribution in [0.2, 0.25) is 0 Å². The third-order valence-corrected chi connectivity index (χ3v) is 2.62. The summed E-state index contributed by atoms with van der Waals surface area (Å²) in [4.78, 5) is 21.7. The molecule has 0 aliphatic rings. The quantitative estimate of drug-likeness (QED) is 0.718. The van der Waals surface area contributed by atoms with E-state index in [1.54, 1.807) is 12.1 Å². The van der Waals surface area contributed by atoms with Crippen molar-refractivity contribution in [3.05, 3.63) is 24.3 Å². The average molecular weight is 286 g/mol. The van der Waals surface area contributed by atoms with Crippen LogP contribution in [0.5, 0.6) is 0 Å². The number of anilines is 2. The molecule has 1 rings (SSSR count). The number of carboxylic acids is 1. The maximum absolute atomic E-state index is 11.4. The smallest absolute Gasteiger partial charge is 0.303 e. The van der Waals surface area contributed by atoms with Crippen LogP contribution >= 0.6 is 0 Å². The number of nitrogens with one attached hydrogen (secondary N) is 2. The Hall–Kier alpha value is -2.09. The van der Waals surface area contributed by atoms with Gasteiger partial charge < -0.3 is 10.4 Å². The minimum absolute atomic E-state index is 0.140. The van der Waals surface area contributed by atoms with Gasteiger partial charge in [0.1, 0.15) is 0 Å². The molecule has 0 aliphatic heterocycles. The maximum Gasteiger partial charge on any atom is 0.303 e. The SMILES string of the molecule is CS(=O)(=O)Nc1cccc(NC(=O)CCC(=O)O)c1. The summed E-state index contributed by atoms with van der Waals surface area (Å²) in [6.07, 6.45) is 0.622. The van der Waals surface area contributed by atoms with Gasteiger partial charge in [0.25, 0.3) is 0 Å². The molecule has 7 nitrogen and oxygen atoms in total. The number of hydrogen-bond donors (Lipinski definition) is 3. The predicted molar refractivity (Wildman–Crippen MR) is 70.4 cm³/mol. The Bertz CT molecular complexity index is 583. The molecule has 1 amide bonds. The highest BCUT2D eigenvalue weighted by Crippen LogP contribution is 2.16. The monoisotopic (exact) mass is 286 g/mol. The molecule has 3 N–H and O–H groups in total. The van der Waals surface area contributed by atoms with Crippen molar-refractivity contribution in [1.29, 1.82) is 0 Å². The molecule has 0 saturated heterocycles. The van der Waals surface area contributed by atoms with Gasteiger partial charge in [0.2, 0.25) is 15.9 Å². The predicted octanol–water partition coefficient (Wildman–Crippen LogP) is 0.861. The van der Waals surface area contributed by atoms with E-state index in [0.29, 0.717) is 11.4 Å². The van der Waals surface area contributed by atoms with E-state index in [0.717, 1.165) is 6.26 Å².